The van der Waals surface area contributed by atoms with Crippen molar-refractivity contribution >= 4 is 8.05 Å². The van der Waals surface area contributed by atoms with Crippen molar-refractivity contribution in [1.29, 1.82) is 0 Å². The highest BCUT2D eigenvalue weighted by molar-refractivity contribution is 5.95. The smallest absolute Gasteiger partial charge is 0.277 e. The second kappa shape index (κ2) is 4.88. The molecule has 0 aliphatic carbocycles. The van der Waals surface area contributed by atoms with Gasteiger partial charge in [0.2, 0.25) is 0 Å². The van der Waals surface area contributed by atoms with Crippen LogP contribution in [0.15, 0.2) is 24.3 Å². The molecular formula is C7H9BO2. The second-order valence-electron chi connectivity index (χ2n) is 1.84. The van der Waals surface area contributed by atoms with Crippen LogP contribution in [0.4, 0.5) is 0 Å². The molecule has 10 heavy (non-hydrogen) atoms. The Morgan fingerprint density at radius 3 is 2.20 bits per heavy atom. The van der Waals surface area contributed by atoms with Crippen molar-refractivity contribution in [3.05, 3.63) is 29.8 Å². The summed E-state index contributed by atoms with van der Waals surface area (Å²) >= 11 is 0. The number of phenolic OH excluding ortho intramolecular Hbond substituents is 1. The Labute approximate surface area is 61.6 Å². The predicted octanol–water partition coefficient (Wildman–Crippen LogP) is 0.763. The van der Waals surface area contributed by atoms with E-state index < -0.39 is 0 Å². The molecule has 0 aliphatic rings. The summed E-state index contributed by atoms with van der Waals surface area (Å²) < 4.78 is 0. The minimum Gasteiger partial charge on any atom is -0.508 e. The Bertz CT molecular complexity index is 171. The molecule has 52 valence electrons. The van der Waals surface area contributed by atoms with Crippen LogP contribution in [0, 0.1) is 6.92 Å². The van der Waals surface area contributed by atoms with Crippen molar-refractivity contribution in [2.45, 2.75) is 6.92 Å². The van der Waals surface area contributed by atoms with E-state index in [0.717, 1.165) is 5.56 Å². The molecule has 1 aromatic carbocycles. The normalized spacial score (nSPS) is 7.80. The molecule has 0 fully saturated rings. The van der Waals surface area contributed by atoms with E-state index in [4.69, 9.17) is 10.1 Å². The lowest BCUT2D eigenvalue weighted by Crippen LogP contribution is -1.66. The first-order valence-electron chi connectivity index (χ1n) is 2.80. The van der Waals surface area contributed by atoms with Gasteiger partial charge in [-0.2, -0.15) is 0 Å². The van der Waals surface area contributed by atoms with Crippen molar-refractivity contribution in [2.24, 2.45) is 0 Å². The summed E-state index contributed by atoms with van der Waals surface area (Å²) in [5.41, 5.74) is 1.09. The zero-order chi connectivity index (χ0) is 7.98. The Morgan fingerprint density at radius 2 is 1.90 bits per heavy atom. The van der Waals surface area contributed by atoms with Crippen LogP contribution >= 0.6 is 0 Å². The summed E-state index contributed by atoms with van der Waals surface area (Å²) in [7, 11) is 3.50. The van der Waals surface area contributed by atoms with Gasteiger partial charge in [0, 0.05) is 0 Å². The van der Waals surface area contributed by atoms with Gasteiger partial charge < -0.3 is 10.1 Å². The van der Waals surface area contributed by atoms with E-state index in [0.29, 0.717) is 5.75 Å². The highest BCUT2D eigenvalue weighted by atomic mass is 16.3. The number of benzene rings is 1. The molecule has 1 aromatic rings. The van der Waals surface area contributed by atoms with E-state index in [1.807, 2.05) is 19.1 Å². The molecule has 0 bridgehead atoms. The van der Waals surface area contributed by atoms with Gasteiger partial charge in [-0.25, -0.2) is 0 Å². The third-order valence-corrected chi connectivity index (χ3v) is 1.00. The van der Waals surface area contributed by atoms with Crippen LogP contribution in [-0.4, -0.2) is 18.2 Å². The number of rotatable bonds is 0. The van der Waals surface area contributed by atoms with Gasteiger partial charge in [0.1, 0.15) is 5.75 Å². The van der Waals surface area contributed by atoms with E-state index in [2.05, 4.69) is 8.05 Å². The van der Waals surface area contributed by atoms with E-state index in [1.165, 1.54) is 0 Å². The van der Waals surface area contributed by atoms with Gasteiger partial charge in [-0.05, 0) is 24.6 Å². The molecule has 0 aliphatic heterocycles. The van der Waals surface area contributed by atoms with E-state index in [-0.39, 0.29) is 0 Å². The lowest BCUT2D eigenvalue weighted by atomic mass is 10.2. The van der Waals surface area contributed by atoms with Crippen LogP contribution in [0.25, 0.3) is 0 Å². The van der Waals surface area contributed by atoms with Crippen LogP contribution < -0.4 is 0 Å². The fourth-order valence-electron chi connectivity index (χ4n) is 0.628. The van der Waals surface area contributed by atoms with Crippen LogP contribution in [0.3, 0.4) is 0 Å². The second-order valence-corrected chi connectivity index (χ2v) is 1.84. The first-order valence-corrected chi connectivity index (χ1v) is 2.80. The molecule has 0 amide bonds. The van der Waals surface area contributed by atoms with Gasteiger partial charge in [0.05, 0.1) is 0 Å². The number of aromatic hydroxyl groups is 1. The fourth-order valence-corrected chi connectivity index (χ4v) is 0.628. The maximum absolute atomic E-state index is 8.81. The van der Waals surface area contributed by atoms with Gasteiger partial charge in [-0.15, -0.1) is 0 Å². The summed E-state index contributed by atoms with van der Waals surface area (Å²) in [5, 5.41) is 15.3. The number of hydrogen-bond donors (Lipinski definition) is 2. The zero-order valence-corrected chi connectivity index (χ0v) is 5.78. The van der Waals surface area contributed by atoms with Crippen LogP contribution in [0.1, 0.15) is 5.56 Å². The quantitative estimate of drug-likeness (QED) is 0.517. The Hall–Kier alpha value is -0.955. The topological polar surface area (TPSA) is 40.5 Å². The number of aryl methyl sites for hydroxylation is 1. The summed E-state index contributed by atoms with van der Waals surface area (Å²) in [5.74, 6) is 0.338. The summed E-state index contributed by atoms with van der Waals surface area (Å²) in [4.78, 5) is 0. The Kier molecular flexibility index (Phi) is 4.41. The Balaban J connectivity index is 0.000000371. The van der Waals surface area contributed by atoms with Crippen molar-refractivity contribution in [2.75, 3.05) is 0 Å². The SMILES string of the molecule is Cc1cccc(O)c1.[B]O. The Morgan fingerprint density at radius 1 is 1.30 bits per heavy atom. The summed E-state index contributed by atoms with van der Waals surface area (Å²) in [6.45, 7) is 1.94. The molecule has 0 unspecified atom stereocenters. The lowest BCUT2D eigenvalue weighted by Gasteiger charge is -1.89. The van der Waals surface area contributed by atoms with Gasteiger partial charge in [-0.1, -0.05) is 12.1 Å². The molecule has 0 atom stereocenters. The standard InChI is InChI=1S/C7H8O.BHO/c1-6-3-2-4-7(8)5-6;1-2/h2-5,8H,1H3;2H. The van der Waals surface area contributed by atoms with E-state index in [1.54, 1.807) is 12.1 Å². The van der Waals surface area contributed by atoms with Gasteiger partial charge in [0.25, 0.3) is 8.05 Å². The van der Waals surface area contributed by atoms with Crippen molar-refractivity contribution < 1.29 is 10.1 Å². The molecule has 0 saturated heterocycles. The minimum atomic E-state index is 0.338. The van der Waals surface area contributed by atoms with Gasteiger partial charge in [-0.3, -0.25) is 0 Å². The third-order valence-electron chi connectivity index (χ3n) is 1.00. The third kappa shape index (κ3) is 3.15. The van der Waals surface area contributed by atoms with Crippen molar-refractivity contribution in [3.63, 3.8) is 0 Å². The van der Waals surface area contributed by atoms with E-state index in [9.17, 15) is 0 Å². The zero-order valence-electron chi connectivity index (χ0n) is 5.78. The molecule has 0 aromatic heterocycles. The molecule has 0 spiro atoms. The predicted molar refractivity (Wildman–Crippen MR) is 40.8 cm³/mol. The molecule has 0 heterocycles. The molecular weight excluding hydrogens is 127 g/mol. The maximum atomic E-state index is 8.81. The first-order chi connectivity index (χ1) is 4.79. The van der Waals surface area contributed by atoms with Crippen molar-refractivity contribution in [3.8, 4) is 5.75 Å². The molecule has 2 radical (unpaired) electrons. The average Bonchev–Trinajstić information content (AvgIpc) is 1.91. The van der Waals surface area contributed by atoms with E-state index >= 15 is 0 Å². The highest BCUT2D eigenvalue weighted by Gasteiger charge is 1.83. The van der Waals surface area contributed by atoms with Gasteiger partial charge in [0.15, 0.2) is 0 Å². The van der Waals surface area contributed by atoms with Crippen molar-refractivity contribution in [1.82, 2.24) is 0 Å². The minimum absolute atomic E-state index is 0.338. The monoisotopic (exact) mass is 136 g/mol. The molecule has 3 heteroatoms. The first kappa shape index (κ1) is 9.04. The van der Waals surface area contributed by atoms with Gasteiger partial charge >= 0.3 is 0 Å². The number of hydrogen-bond acceptors (Lipinski definition) is 2. The van der Waals surface area contributed by atoms with Crippen LogP contribution in [-0.2, 0) is 0 Å². The molecule has 0 saturated carbocycles. The summed E-state index contributed by atoms with van der Waals surface area (Å²) in [6, 6.07) is 7.15. The fraction of sp³-hybridized carbons (Fsp3) is 0.143. The van der Waals surface area contributed by atoms with Crippen LogP contribution in [0.2, 0.25) is 0 Å². The lowest BCUT2D eigenvalue weighted by molar-refractivity contribution is 0.475. The largest absolute Gasteiger partial charge is 0.508 e. The average molecular weight is 136 g/mol. The molecule has 1 rings (SSSR count). The van der Waals surface area contributed by atoms with Crippen LogP contribution in [0.5, 0.6) is 5.75 Å². The molecule has 2 nitrogen and oxygen atoms in total. The number of phenols is 1. The maximum Gasteiger partial charge on any atom is 0.277 e. The molecule has 2 N–H and O–H groups in total. The summed E-state index contributed by atoms with van der Waals surface area (Å²) in [6.07, 6.45) is 0. The highest BCUT2D eigenvalue weighted by Crippen LogP contribution is 2.08.